The highest BCUT2D eigenvalue weighted by Crippen LogP contribution is 2.60. The van der Waals surface area contributed by atoms with E-state index >= 15 is 0 Å². The van der Waals surface area contributed by atoms with Gasteiger partial charge in [0, 0.05) is 11.1 Å². The number of nitrogens with zero attached hydrogens (tertiary/aromatic N) is 1. The lowest BCUT2D eigenvalue weighted by atomic mass is 9.49. The monoisotopic (exact) mass is 274 g/mol. The van der Waals surface area contributed by atoms with E-state index in [-0.39, 0.29) is 0 Å². The molecule has 0 aliphatic heterocycles. The zero-order chi connectivity index (χ0) is 13.0. The minimum atomic E-state index is 0.341. The van der Waals surface area contributed by atoms with Crippen LogP contribution in [0.15, 0.2) is 6.07 Å². The molecule has 4 aliphatic carbocycles. The Morgan fingerprint density at radius 3 is 2.32 bits per heavy atom. The lowest BCUT2D eigenvalue weighted by molar-refractivity contribution is -0.00954. The highest BCUT2D eigenvalue weighted by molar-refractivity contribution is 7.71. The van der Waals surface area contributed by atoms with Crippen molar-refractivity contribution in [3.63, 3.8) is 0 Å². The molecule has 4 saturated carbocycles. The molecule has 0 saturated heterocycles. The van der Waals surface area contributed by atoms with Crippen molar-refractivity contribution in [1.29, 1.82) is 0 Å². The van der Waals surface area contributed by atoms with Gasteiger partial charge >= 0.3 is 0 Å². The van der Waals surface area contributed by atoms with Crippen LogP contribution in [0.25, 0.3) is 0 Å². The van der Waals surface area contributed by atoms with Crippen molar-refractivity contribution in [2.45, 2.75) is 57.3 Å². The van der Waals surface area contributed by atoms with Gasteiger partial charge in [0.1, 0.15) is 10.5 Å². The van der Waals surface area contributed by atoms with Crippen LogP contribution in [0.4, 0.5) is 0 Å². The molecule has 0 amide bonds. The first-order valence-corrected chi connectivity index (χ1v) is 8.18. The van der Waals surface area contributed by atoms with Gasteiger partial charge in [-0.15, -0.1) is 0 Å². The Morgan fingerprint density at radius 2 is 1.79 bits per heavy atom. The zero-order valence-electron chi connectivity index (χ0n) is 11.6. The summed E-state index contributed by atoms with van der Waals surface area (Å²) in [4.78, 5) is 8.35. The molecule has 0 radical (unpaired) electrons. The van der Waals surface area contributed by atoms with Crippen molar-refractivity contribution < 1.29 is 0 Å². The van der Waals surface area contributed by atoms with E-state index in [4.69, 9.17) is 17.2 Å². The van der Waals surface area contributed by atoms with E-state index in [2.05, 4.69) is 11.9 Å². The zero-order valence-corrected chi connectivity index (χ0v) is 12.4. The van der Waals surface area contributed by atoms with Gasteiger partial charge in [0.2, 0.25) is 0 Å². The summed E-state index contributed by atoms with van der Waals surface area (Å²) in [6, 6.07) is 2.03. The lowest BCUT2D eigenvalue weighted by Gasteiger charge is -2.56. The Morgan fingerprint density at radius 1 is 1.21 bits per heavy atom. The molecule has 0 aromatic carbocycles. The summed E-state index contributed by atoms with van der Waals surface area (Å²) in [7, 11) is 0. The van der Waals surface area contributed by atoms with Gasteiger partial charge in [-0.1, -0.05) is 19.1 Å². The second kappa shape index (κ2) is 4.15. The topological polar surface area (TPSA) is 28.7 Å². The minimum absolute atomic E-state index is 0.341. The summed E-state index contributed by atoms with van der Waals surface area (Å²) in [5.74, 6) is 4.09. The number of aryl methyl sites for hydroxylation is 1. The molecule has 5 rings (SSSR count). The standard InChI is InChI=1S/C16H22N2S/c1-2-13-6-14(19)18-15(17-13)16-7-10-3-11(8-16)5-12(4-10)9-16/h6,10-12H,2-5,7-9H2,1H3,(H,17,18,19). The normalized spacial score (nSPS) is 39.7. The van der Waals surface area contributed by atoms with Gasteiger partial charge in [0.15, 0.2) is 0 Å². The largest absolute Gasteiger partial charge is 0.347 e. The Hall–Kier alpha value is -0.700. The molecule has 19 heavy (non-hydrogen) atoms. The summed E-state index contributed by atoms with van der Waals surface area (Å²) < 4.78 is 0.779. The Bertz CT molecular complexity index is 525. The van der Waals surface area contributed by atoms with Gasteiger partial charge in [0.25, 0.3) is 0 Å². The lowest BCUT2D eigenvalue weighted by Crippen LogP contribution is -2.49. The first-order chi connectivity index (χ1) is 9.17. The van der Waals surface area contributed by atoms with Crippen LogP contribution in [0.5, 0.6) is 0 Å². The molecule has 1 aromatic heterocycles. The second-order valence-electron chi connectivity index (χ2n) is 7.14. The van der Waals surface area contributed by atoms with Crippen LogP contribution in [0.3, 0.4) is 0 Å². The average Bonchev–Trinajstić information content (AvgIpc) is 2.36. The first kappa shape index (κ1) is 12.1. The molecule has 0 spiro atoms. The predicted octanol–water partition coefficient (Wildman–Crippen LogP) is 4.17. The third-order valence-electron chi connectivity index (χ3n) is 5.72. The fourth-order valence-electron chi connectivity index (χ4n) is 5.35. The van der Waals surface area contributed by atoms with E-state index in [9.17, 15) is 0 Å². The number of H-pyrrole nitrogens is 1. The van der Waals surface area contributed by atoms with Crippen molar-refractivity contribution in [2.24, 2.45) is 17.8 Å². The summed E-state index contributed by atoms with van der Waals surface area (Å²) in [6.45, 7) is 2.18. The van der Waals surface area contributed by atoms with E-state index in [1.807, 2.05) is 6.07 Å². The SMILES string of the molecule is CCc1cc(=S)nc(C23CC4CC(CC(C4)C2)C3)[nH]1. The Balaban J connectivity index is 1.79. The van der Waals surface area contributed by atoms with Crippen LogP contribution in [0.2, 0.25) is 0 Å². The van der Waals surface area contributed by atoms with Crippen LogP contribution < -0.4 is 0 Å². The van der Waals surface area contributed by atoms with Crippen molar-refractivity contribution in [1.82, 2.24) is 9.97 Å². The summed E-state index contributed by atoms with van der Waals surface area (Å²) in [6.07, 6.45) is 9.51. The molecule has 4 fully saturated rings. The minimum Gasteiger partial charge on any atom is -0.347 e. The molecule has 0 unspecified atom stereocenters. The quantitative estimate of drug-likeness (QED) is 0.820. The summed E-state index contributed by atoms with van der Waals surface area (Å²) in [5, 5.41) is 0. The smallest absolute Gasteiger partial charge is 0.130 e. The molecular weight excluding hydrogens is 252 g/mol. The summed E-state index contributed by atoms with van der Waals surface area (Å²) >= 11 is 5.38. The Kier molecular flexibility index (Phi) is 2.63. The van der Waals surface area contributed by atoms with Gasteiger partial charge in [0.05, 0.1) is 0 Å². The fraction of sp³-hybridized carbons (Fsp3) is 0.750. The van der Waals surface area contributed by atoms with Crippen molar-refractivity contribution in [3.05, 3.63) is 22.2 Å². The van der Waals surface area contributed by atoms with E-state index in [0.29, 0.717) is 5.41 Å². The number of nitrogens with one attached hydrogen (secondary N) is 1. The molecule has 102 valence electrons. The molecular formula is C16H22N2S. The number of rotatable bonds is 2. The summed E-state index contributed by atoms with van der Waals surface area (Å²) in [5.41, 5.74) is 1.60. The maximum Gasteiger partial charge on any atom is 0.130 e. The fourth-order valence-corrected chi connectivity index (χ4v) is 5.58. The number of hydrogen-bond donors (Lipinski definition) is 1. The average molecular weight is 274 g/mol. The first-order valence-electron chi connectivity index (χ1n) is 7.77. The van der Waals surface area contributed by atoms with Gasteiger partial charge in [-0.3, -0.25) is 0 Å². The molecule has 4 aliphatic rings. The number of aromatic nitrogens is 2. The third kappa shape index (κ3) is 1.89. The van der Waals surface area contributed by atoms with Crippen LogP contribution in [0, 0.1) is 22.4 Å². The van der Waals surface area contributed by atoms with Gasteiger partial charge in [-0.05, 0) is 68.8 Å². The van der Waals surface area contributed by atoms with Crippen molar-refractivity contribution in [3.8, 4) is 0 Å². The third-order valence-corrected chi connectivity index (χ3v) is 5.93. The molecule has 1 N–H and O–H groups in total. The van der Waals surface area contributed by atoms with Crippen LogP contribution in [-0.2, 0) is 11.8 Å². The van der Waals surface area contributed by atoms with Gasteiger partial charge in [-0.2, -0.15) is 0 Å². The molecule has 4 bridgehead atoms. The molecule has 1 aromatic rings. The number of hydrogen-bond acceptors (Lipinski definition) is 2. The second-order valence-corrected chi connectivity index (χ2v) is 7.56. The molecule has 1 heterocycles. The highest BCUT2D eigenvalue weighted by atomic mass is 32.1. The van der Waals surface area contributed by atoms with E-state index in [1.165, 1.54) is 50.0 Å². The number of aromatic amines is 1. The van der Waals surface area contributed by atoms with E-state index < -0.39 is 0 Å². The maximum atomic E-state index is 5.38. The predicted molar refractivity (Wildman–Crippen MR) is 78.6 cm³/mol. The molecule has 2 nitrogen and oxygen atoms in total. The highest BCUT2D eigenvalue weighted by Gasteiger charge is 2.52. The molecule has 0 atom stereocenters. The van der Waals surface area contributed by atoms with Crippen molar-refractivity contribution in [2.75, 3.05) is 0 Å². The van der Waals surface area contributed by atoms with Gasteiger partial charge < -0.3 is 4.98 Å². The van der Waals surface area contributed by atoms with Gasteiger partial charge in [-0.25, -0.2) is 4.98 Å². The van der Waals surface area contributed by atoms with Crippen LogP contribution in [0.1, 0.15) is 57.0 Å². The molecule has 3 heteroatoms. The van der Waals surface area contributed by atoms with Crippen molar-refractivity contribution >= 4 is 12.2 Å². The van der Waals surface area contributed by atoms with Crippen LogP contribution in [-0.4, -0.2) is 9.97 Å². The Labute approximate surface area is 120 Å². The van der Waals surface area contributed by atoms with Crippen LogP contribution >= 0.6 is 12.2 Å². The van der Waals surface area contributed by atoms with E-state index in [0.717, 1.165) is 28.8 Å². The maximum absolute atomic E-state index is 5.38. The van der Waals surface area contributed by atoms with E-state index in [1.54, 1.807) is 0 Å².